The van der Waals surface area contributed by atoms with Gasteiger partial charge in [0.05, 0.1) is 85.8 Å². The van der Waals surface area contributed by atoms with Crippen LogP contribution in [0.2, 0.25) is 0 Å². The van der Waals surface area contributed by atoms with E-state index in [1.165, 1.54) is 72.5 Å². The van der Waals surface area contributed by atoms with Crippen molar-refractivity contribution in [3.05, 3.63) is 280 Å². The molecule has 6 aliphatic rings. The first-order valence-electron chi connectivity index (χ1n) is 37.9. The van der Waals surface area contributed by atoms with Crippen molar-refractivity contribution in [2.24, 2.45) is 43.6 Å². The number of benzene rings is 4. The first-order chi connectivity index (χ1) is 48.4. The minimum absolute atomic E-state index is 0.0670. The van der Waals surface area contributed by atoms with Crippen LogP contribution < -0.4 is 5.32 Å². The van der Waals surface area contributed by atoms with Crippen LogP contribution in [0.25, 0.3) is 33.7 Å². The van der Waals surface area contributed by atoms with E-state index in [0.717, 1.165) is 208 Å². The smallest absolute Gasteiger partial charge is 0.0932 e. The summed E-state index contributed by atoms with van der Waals surface area (Å²) in [7, 11) is 0. The predicted octanol–water partition coefficient (Wildman–Crippen LogP) is 23.5. The van der Waals surface area contributed by atoms with Gasteiger partial charge in [-0.2, -0.15) is 0 Å². The van der Waals surface area contributed by atoms with Crippen LogP contribution in [0.4, 0.5) is 0 Å². The normalized spacial score (nSPS) is 20.1. The Labute approximate surface area is 597 Å². The van der Waals surface area contributed by atoms with Crippen LogP contribution in [0.5, 0.6) is 0 Å². The molecular formula is C92H106N8. The average Bonchev–Trinajstić information content (AvgIpc) is 1.59. The van der Waals surface area contributed by atoms with Crippen molar-refractivity contribution in [3.8, 4) is 11.4 Å². The summed E-state index contributed by atoms with van der Waals surface area (Å²) < 4.78 is 0. The molecule has 1 atom stereocenters. The van der Waals surface area contributed by atoms with Gasteiger partial charge in [-0.3, -0.25) is 4.99 Å². The summed E-state index contributed by atoms with van der Waals surface area (Å²) in [5.74, 6) is 1.51. The molecule has 4 N–H and O–H groups in total. The Balaban J connectivity index is 1.17. The highest BCUT2D eigenvalue weighted by atomic mass is 15.0. The third-order valence-corrected chi connectivity index (χ3v) is 21.0. The monoisotopic (exact) mass is 1320 g/mol. The molecule has 9 heterocycles. The molecule has 514 valence electrons. The van der Waals surface area contributed by atoms with Crippen LogP contribution in [0.3, 0.4) is 0 Å². The highest BCUT2D eigenvalue weighted by molar-refractivity contribution is 6.55. The van der Waals surface area contributed by atoms with Gasteiger partial charge in [0.25, 0.3) is 0 Å². The molecule has 7 aromatic rings. The molecule has 8 heteroatoms. The fraction of sp³-hybridized carbons (Fsp3) is 0.370. The molecular weight excluding hydrogens is 1220 g/mol. The predicted molar refractivity (Wildman–Crippen MR) is 425 cm³/mol. The average molecular weight is 1320 g/mol. The fourth-order valence-electron chi connectivity index (χ4n) is 16.5. The maximum atomic E-state index is 6.11. The maximum Gasteiger partial charge on any atom is 0.0932 e. The van der Waals surface area contributed by atoms with Gasteiger partial charge in [0, 0.05) is 28.0 Å². The summed E-state index contributed by atoms with van der Waals surface area (Å²) in [6, 6.07) is 46.7. The number of aryl methyl sites for hydroxylation is 1. The van der Waals surface area contributed by atoms with E-state index in [0.29, 0.717) is 23.7 Å². The summed E-state index contributed by atoms with van der Waals surface area (Å²) in [6.45, 7) is 37.5. The molecule has 13 rings (SSSR count). The molecule has 8 nitrogen and oxygen atoms in total. The molecule has 0 aliphatic carbocycles. The van der Waals surface area contributed by atoms with Gasteiger partial charge in [-0.05, 0) is 216 Å². The number of nitrogens with zero attached hydrogens (tertiary/aromatic N) is 4. The van der Waals surface area contributed by atoms with Crippen LogP contribution in [-0.4, -0.2) is 43.8 Å². The quantitative estimate of drug-likeness (QED) is 0.0599. The molecule has 3 aromatic heterocycles. The lowest BCUT2D eigenvalue weighted by Gasteiger charge is -2.18. The Morgan fingerprint density at radius 1 is 0.410 bits per heavy atom. The lowest BCUT2D eigenvalue weighted by atomic mass is 9.87. The Morgan fingerprint density at radius 2 is 0.820 bits per heavy atom. The molecule has 6 aliphatic heterocycles. The van der Waals surface area contributed by atoms with Gasteiger partial charge in [-0.25, -0.2) is 15.0 Å². The number of fused-ring (bicyclic) bond motifs is 16. The second kappa shape index (κ2) is 29.6. The summed E-state index contributed by atoms with van der Waals surface area (Å²) in [5.41, 5.74) is 40.6. The zero-order valence-corrected chi connectivity index (χ0v) is 62.6. The largest absolute Gasteiger partial charge is 0.376 e. The van der Waals surface area contributed by atoms with Gasteiger partial charge in [0.15, 0.2) is 0 Å². The number of H-pyrrole nitrogens is 3. The Morgan fingerprint density at radius 3 is 1.26 bits per heavy atom. The summed E-state index contributed by atoms with van der Waals surface area (Å²) in [5, 5.41) is 4.32. The maximum absolute atomic E-state index is 6.11. The molecule has 16 bridgehead atoms. The molecule has 4 aromatic carbocycles. The highest BCUT2D eigenvalue weighted by Crippen LogP contribution is 2.49. The lowest BCUT2D eigenvalue weighted by molar-refractivity contribution is 0.642. The van der Waals surface area contributed by atoms with E-state index in [2.05, 4.69) is 271 Å². The van der Waals surface area contributed by atoms with Gasteiger partial charge < -0.3 is 20.3 Å². The van der Waals surface area contributed by atoms with E-state index in [1.807, 2.05) is 0 Å². The first-order valence-corrected chi connectivity index (χ1v) is 37.9. The van der Waals surface area contributed by atoms with Crippen molar-refractivity contribution in [2.45, 2.75) is 200 Å². The minimum Gasteiger partial charge on any atom is -0.376 e. The van der Waals surface area contributed by atoms with Crippen LogP contribution in [-0.2, 0) is 19.3 Å². The molecule has 0 spiro atoms. The number of aromatic nitrogens is 3. The third-order valence-electron chi connectivity index (χ3n) is 21.0. The molecule has 100 heavy (non-hydrogen) atoms. The minimum atomic E-state index is -0.0670. The van der Waals surface area contributed by atoms with E-state index in [1.54, 1.807) is 0 Å². The Kier molecular flexibility index (Phi) is 20.5. The molecule has 1 unspecified atom stereocenters. The van der Waals surface area contributed by atoms with Gasteiger partial charge in [-0.15, -0.1) is 0 Å². The first kappa shape index (κ1) is 69.3. The Bertz CT molecular complexity index is 4740. The second-order valence-electron chi connectivity index (χ2n) is 30.7. The van der Waals surface area contributed by atoms with E-state index in [9.17, 15) is 0 Å². The molecule has 0 fully saturated rings. The Hall–Kier alpha value is -9.14. The lowest BCUT2D eigenvalue weighted by Crippen LogP contribution is -2.30. The van der Waals surface area contributed by atoms with Gasteiger partial charge in [0.2, 0.25) is 0 Å². The van der Waals surface area contributed by atoms with E-state index < -0.39 is 0 Å². The van der Waals surface area contributed by atoms with E-state index >= 15 is 0 Å². The number of hydrogen-bond donors (Lipinski definition) is 4. The van der Waals surface area contributed by atoms with Crippen LogP contribution in [0.15, 0.2) is 227 Å². The van der Waals surface area contributed by atoms with Crippen molar-refractivity contribution in [1.82, 2.24) is 20.3 Å². The van der Waals surface area contributed by atoms with Gasteiger partial charge >= 0.3 is 0 Å². The van der Waals surface area contributed by atoms with Crippen molar-refractivity contribution < 1.29 is 0 Å². The van der Waals surface area contributed by atoms with Crippen molar-refractivity contribution in [3.63, 3.8) is 0 Å². The summed E-state index contributed by atoms with van der Waals surface area (Å²) in [6.07, 6.45) is 16.8. The van der Waals surface area contributed by atoms with Crippen LogP contribution in [0, 0.1) is 37.5 Å². The molecule has 0 saturated carbocycles. The standard InChI is InChI=1S/C92H106N8/c1-17-33-65-49-73-74-50-66(34-18-2)86(94-74)78(62-39-27-22-28-40-62)82-59(15)71(47-55(9)10)91(99-82)92-72(48-56(11)12)60(16)84(100-92)80(64-43-31-24-32-44-64)88-68(36-20-4)52-76(96-88)75-51-67(35-19-3)87(95-75)79(63-41-29-23-30-42-63)83-58(14)70(46-54(7)8)90(98-83)89-69(45-53(5)6)57(13)81(97-89)77(85(65)93-73)61-37-25-21-26-38-61/h21-32,37-44,49-51,53-56,76,94,96-98H,17-20,33-36,45-48,52H2,1-16H3/b82-78-,84-80-,85-77-,87-79+. The summed E-state index contributed by atoms with van der Waals surface area (Å²) >= 11 is 0. The van der Waals surface area contributed by atoms with E-state index in [-0.39, 0.29) is 6.04 Å². The van der Waals surface area contributed by atoms with Crippen molar-refractivity contribution >= 4 is 45.1 Å². The number of rotatable bonds is 20. The van der Waals surface area contributed by atoms with Gasteiger partial charge in [0.1, 0.15) is 0 Å². The van der Waals surface area contributed by atoms with E-state index in [4.69, 9.17) is 20.0 Å². The summed E-state index contributed by atoms with van der Waals surface area (Å²) in [4.78, 5) is 37.0. The fourth-order valence-corrected chi connectivity index (χ4v) is 16.5. The van der Waals surface area contributed by atoms with Crippen LogP contribution >= 0.6 is 0 Å². The second-order valence-corrected chi connectivity index (χ2v) is 30.7. The topological polar surface area (TPSA) is 109 Å². The van der Waals surface area contributed by atoms with Gasteiger partial charge in [-0.1, -0.05) is 230 Å². The number of aliphatic imine (C=N–C) groups is 4. The van der Waals surface area contributed by atoms with Crippen molar-refractivity contribution in [2.75, 3.05) is 0 Å². The molecule has 0 radical (unpaired) electrons. The molecule has 0 saturated heterocycles. The zero-order chi connectivity index (χ0) is 70.2. The number of allylic oxidation sites excluding steroid dienone is 8. The number of aromatic amines is 3. The van der Waals surface area contributed by atoms with Crippen molar-refractivity contribution in [1.29, 1.82) is 0 Å². The zero-order valence-electron chi connectivity index (χ0n) is 62.6. The third kappa shape index (κ3) is 13.3. The molecule has 0 amide bonds. The SMILES string of the molecule is CCCC1=CC2=N/C1=C(/c1ccccc1)c1[nH]c(c(CC(C)C)c1C)-c1[nH]c(c(C)c1CC(C)C)/C(c1ccccc1)=C1/N=C(C=C1CCC)C1CC(CCC)=C(N1)/C(c1ccccc1)=C1\N=C(C3=N/C(=C(/c4ccccc4)c4[nH]c2cc4CCC)C(C)=C3CC(C)C)C(CC(C)C)=C1C. The number of nitrogens with one attached hydrogen (secondary N) is 4. The number of hydrogen-bond acceptors (Lipinski definition) is 5. The van der Waals surface area contributed by atoms with Crippen LogP contribution in [0.1, 0.15) is 234 Å². The highest BCUT2D eigenvalue weighted by Gasteiger charge is 2.39.